The zero-order valence-electron chi connectivity index (χ0n) is 19.0. The Labute approximate surface area is 193 Å². The lowest BCUT2D eigenvalue weighted by Gasteiger charge is -2.53. The van der Waals surface area contributed by atoms with Crippen molar-refractivity contribution in [3.8, 4) is 17.2 Å². The van der Waals surface area contributed by atoms with E-state index in [0.717, 1.165) is 46.7 Å². The number of allylic oxidation sites excluding steroid dienone is 1. The highest BCUT2D eigenvalue weighted by Gasteiger charge is 2.43. The van der Waals surface area contributed by atoms with E-state index in [1.165, 1.54) is 32.1 Å². The first-order chi connectivity index (χ1) is 16.1. The number of piperidine rings is 1. The molecule has 0 unspecified atom stereocenters. The molecule has 33 heavy (non-hydrogen) atoms. The Morgan fingerprint density at radius 1 is 1.24 bits per heavy atom. The molecule has 2 aliphatic rings. The fourth-order valence-corrected chi connectivity index (χ4v) is 5.30. The predicted molar refractivity (Wildman–Crippen MR) is 130 cm³/mol. The molecule has 3 aromatic heterocycles. The monoisotopic (exact) mass is 440 g/mol. The van der Waals surface area contributed by atoms with Crippen LogP contribution in [0.2, 0.25) is 0 Å². The highest BCUT2D eigenvalue weighted by atomic mass is 15.2. The lowest BCUT2D eigenvalue weighted by atomic mass is 9.72. The van der Waals surface area contributed by atoms with Crippen LogP contribution in [0.15, 0.2) is 43.0 Å². The van der Waals surface area contributed by atoms with Crippen LogP contribution in [0.3, 0.4) is 0 Å². The van der Waals surface area contributed by atoms with E-state index in [9.17, 15) is 5.26 Å². The van der Waals surface area contributed by atoms with E-state index in [4.69, 9.17) is 10.4 Å². The van der Waals surface area contributed by atoms with Crippen LogP contribution in [-0.2, 0) is 0 Å². The summed E-state index contributed by atoms with van der Waals surface area (Å²) in [7, 11) is 4.00. The zero-order valence-corrected chi connectivity index (χ0v) is 19.0. The van der Waals surface area contributed by atoms with Crippen molar-refractivity contribution in [3.05, 3.63) is 54.1 Å². The molecule has 8 heteroatoms. The van der Waals surface area contributed by atoms with E-state index in [-0.39, 0.29) is 0 Å². The van der Waals surface area contributed by atoms with Gasteiger partial charge in [-0.15, -0.1) is 0 Å². The number of nitriles is 1. The first-order valence-electron chi connectivity index (χ1n) is 11.3. The van der Waals surface area contributed by atoms with Gasteiger partial charge >= 0.3 is 0 Å². The third-order valence-corrected chi connectivity index (χ3v) is 6.94. The van der Waals surface area contributed by atoms with Crippen molar-refractivity contribution in [2.75, 3.05) is 45.2 Å². The second-order valence-corrected chi connectivity index (χ2v) is 9.20. The number of nitrogens with zero attached hydrogens (tertiary/aromatic N) is 6. The smallest absolute Gasteiger partial charge is 0.128 e. The van der Waals surface area contributed by atoms with E-state index in [2.05, 4.69) is 45.5 Å². The molecule has 2 saturated heterocycles. The fourth-order valence-electron chi connectivity index (χ4n) is 5.30. The summed E-state index contributed by atoms with van der Waals surface area (Å²) in [4.78, 5) is 9.57. The highest BCUT2D eigenvalue weighted by molar-refractivity contribution is 6.08. The van der Waals surface area contributed by atoms with Gasteiger partial charge in [-0.2, -0.15) is 10.4 Å². The molecular weight excluding hydrogens is 412 g/mol. The third kappa shape index (κ3) is 3.74. The maximum atomic E-state index is 9.62. The van der Waals surface area contributed by atoms with Gasteiger partial charge in [-0.05, 0) is 43.5 Å². The molecule has 2 aliphatic heterocycles. The standard InChI is InChI=1S/C25H28N8/c1-28-12-20(10-26)19-9-22(24-21(11-27)14-30-33(24)15-19)18-3-4-23(29-13-18)32-7-5-25(6-8-32)16-31(2)17-25/h3-4,9-10,12-15,26,28H,5-8,16-17H2,1-2H3/b20-12+,26-10?. The van der Waals surface area contributed by atoms with Gasteiger partial charge in [0.15, 0.2) is 0 Å². The number of aromatic nitrogens is 3. The number of anilines is 1. The Morgan fingerprint density at radius 3 is 2.64 bits per heavy atom. The second-order valence-electron chi connectivity index (χ2n) is 9.20. The van der Waals surface area contributed by atoms with Crippen molar-refractivity contribution < 1.29 is 0 Å². The first-order valence-corrected chi connectivity index (χ1v) is 11.3. The van der Waals surface area contributed by atoms with E-state index < -0.39 is 0 Å². The van der Waals surface area contributed by atoms with Gasteiger partial charge in [0, 0.05) is 80.3 Å². The van der Waals surface area contributed by atoms with Crippen molar-refractivity contribution in [1.82, 2.24) is 24.8 Å². The van der Waals surface area contributed by atoms with E-state index >= 15 is 0 Å². The Morgan fingerprint density at radius 2 is 2.03 bits per heavy atom. The van der Waals surface area contributed by atoms with Crippen LogP contribution >= 0.6 is 0 Å². The Balaban J connectivity index is 1.47. The van der Waals surface area contributed by atoms with Gasteiger partial charge < -0.3 is 20.5 Å². The topological polar surface area (TPSA) is 96.3 Å². The molecule has 2 fully saturated rings. The summed E-state index contributed by atoms with van der Waals surface area (Å²) in [5.41, 5.74) is 5.14. The molecule has 168 valence electrons. The number of nitrogens with one attached hydrogen (secondary N) is 2. The number of pyridine rings is 2. The Kier molecular flexibility index (Phi) is 5.35. The van der Waals surface area contributed by atoms with E-state index in [1.54, 1.807) is 24.0 Å². The van der Waals surface area contributed by atoms with Crippen molar-refractivity contribution in [2.45, 2.75) is 12.8 Å². The third-order valence-electron chi connectivity index (χ3n) is 6.94. The minimum atomic E-state index is 0.514. The van der Waals surface area contributed by atoms with Gasteiger partial charge in [0.25, 0.3) is 0 Å². The van der Waals surface area contributed by atoms with Crippen LogP contribution in [0.1, 0.15) is 24.0 Å². The molecule has 0 radical (unpaired) electrons. The summed E-state index contributed by atoms with van der Waals surface area (Å²) in [5.74, 6) is 0.998. The van der Waals surface area contributed by atoms with E-state index in [0.29, 0.717) is 11.0 Å². The minimum Gasteiger partial charge on any atom is -0.393 e. The SMILES string of the molecule is CN/C=C(\C=N)c1cc(-c2ccc(N3CCC4(CC3)CN(C)C4)nc2)c2c(C#N)cnn2c1. The molecule has 1 spiro atoms. The Bertz CT molecular complexity index is 1250. The lowest BCUT2D eigenvalue weighted by molar-refractivity contribution is 0.00122. The second kappa shape index (κ2) is 8.34. The van der Waals surface area contributed by atoms with Crippen LogP contribution in [0.5, 0.6) is 0 Å². The number of hydrogen-bond donors (Lipinski definition) is 2. The molecule has 0 bridgehead atoms. The lowest BCUT2D eigenvalue weighted by Crippen LogP contribution is -2.58. The molecule has 0 aliphatic carbocycles. The number of rotatable bonds is 5. The fraction of sp³-hybridized carbons (Fsp3) is 0.360. The normalized spacial score (nSPS) is 18.2. The van der Waals surface area contributed by atoms with Gasteiger partial charge in [0.05, 0.1) is 17.3 Å². The Hall–Kier alpha value is -3.70. The zero-order chi connectivity index (χ0) is 23.0. The molecule has 0 aromatic carbocycles. The summed E-state index contributed by atoms with van der Waals surface area (Å²) in [6.07, 6.45) is 10.8. The molecule has 5 rings (SSSR count). The summed E-state index contributed by atoms with van der Waals surface area (Å²) in [5, 5.41) is 24.8. The average molecular weight is 441 g/mol. The molecule has 3 aromatic rings. The first kappa shape index (κ1) is 21.2. The van der Waals surface area contributed by atoms with Crippen molar-refractivity contribution in [1.29, 1.82) is 10.7 Å². The molecule has 0 atom stereocenters. The number of fused-ring (bicyclic) bond motifs is 1. The van der Waals surface area contributed by atoms with Crippen LogP contribution in [0.4, 0.5) is 5.82 Å². The van der Waals surface area contributed by atoms with Gasteiger partial charge in [-0.1, -0.05) is 0 Å². The largest absolute Gasteiger partial charge is 0.393 e. The number of hydrogen-bond acceptors (Lipinski definition) is 7. The number of likely N-dealkylation sites (tertiary alicyclic amines) is 1. The summed E-state index contributed by atoms with van der Waals surface area (Å²) < 4.78 is 1.71. The van der Waals surface area contributed by atoms with Crippen LogP contribution in [0, 0.1) is 22.2 Å². The quantitative estimate of drug-likeness (QED) is 0.592. The summed E-state index contributed by atoms with van der Waals surface area (Å²) in [6.45, 7) is 4.51. The average Bonchev–Trinajstić information content (AvgIpc) is 3.25. The van der Waals surface area contributed by atoms with Gasteiger partial charge in [-0.3, -0.25) is 0 Å². The van der Waals surface area contributed by atoms with Crippen molar-refractivity contribution in [2.24, 2.45) is 5.41 Å². The van der Waals surface area contributed by atoms with Gasteiger partial charge in [0.2, 0.25) is 0 Å². The van der Waals surface area contributed by atoms with Gasteiger partial charge in [0.1, 0.15) is 11.9 Å². The molecular formula is C25H28N8. The van der Waals surface area contributed by atoms with Crippen LogP contribution < -0.4 is 10.2 Å². The highest BCUT2D eigenvalue weighted by Crippen LogP contribution is 2.40. The minimum absolute atomic E-state index is 0.514. The molecule has 2 N–H and O–H groups in total. The maximum absolute atomic E-state index is 9.62. The molecule has 0 saturated carbocycles. The van der Waals surface area contributed by atoms with Crippen molar-refractivity contribution >= 4 is 23.1 Å². The predicted octanol–water partition coefficient (Wildman–Crippen LogP) is 3.01. The van der Waals surface area contributed by atoms with Crippen molar-refractivity contribution in [3.63, 3.8) is 0 Å². The van der Waals surface area contributed by atoms with Gasteiger partial charge in [-0.25, -0.2) is 9.50 Å². The molecule has 8 nitrogen and oxygen atoms in total. The van der Waals surface area contributed by atoms with Crippen LogP contribution in [0.25, 0.3) is 22.2 Å². The van der Waals surface area contributed by atoms with E-state index in [1.807, 2.05) is 18.5 Å². The van der Waals surface area contributed by atoms with Crippen LogP contribution in [-0.4, -0.2) is 66.0 Å². The summed E-state index contributed by atoms with van der Waals surface area (Å²) >= 11 is 0. The molecule has 5 heterocycles. The summed E-state index contributed by atoms with van der Waals surface area (Å²) in [6, 6.07) is 8.39. The molecule has 0 amide bonds. The maximum Gasteiger partial charge on any atom is 0.128 e.